The summed E-state index contributed by atoms with van der Waals surface area (Å²) in [5, 5.41) is 13.0. The molecule has 0 amide bonds. The van der Waals surface area contributed by atoms with Crippen molar-refractivity contribution in [3.63, 3.8) is 0 Å². The highest BCUT2D eigenvalue weighted by Gasteiger charge is 2.05. The number of benzene rings is 1. The number of aliphatic hydroxyl groups is 1. The Balaban J connectivity index is 2.01. The number of halogens is 1. The molecule has 0 saturated carbocycles. The van der Waals surface area contributed by atoms with Crippen LogP contribution in [0.5, 0.6) is 0 Å². The van der Waals surface area contributed by atoms with Gasteiger partial charge in [0, 0.05) is 12.1 Å². The molecule has 0 aromatic heterocycles. The van der Waals surface area contributed by atoms with Crippen molar-refractivity contribution in [3.8, 4) is 0 Å². The van der Waals surface area contributed by atoms with Crippen LogP contribution in [0.15, 0.2) is 24.3 Å². The zero-order valence-electron chi connectivity index (χ0n) is 13.1. The van der Waals surface area contributed by atoms with E-state index in [4.69, 9.17) is 4.74 Å². The number of hydrogen-bond acceptors (Lipinski definition) is 3. The van der Waals surface area contributed by atoms with Crippen LogP contribution in [0.2, 0.25) is 0 Å². The molecule has 1 aromatic rings. The number of nitrogens with one attached hydrogen (secondary N) is 1. The predicted molar refractivity (Wildman–Crippen MR) is 83.6 cm³/mol. The highest BCUT2D eigenvalue weighted by atomic mass is 19.1. The number of hydrogen-bond donors (Lipinski definition) is 2. The Kier molecular flexibility index (Phi) is 9.22. The summed E-state index contributed by atoms with van der Waals surface area (Å²) in [5.74, 6) is 0.484. The van der Waals surface area contributed by atoms with Crippen LogP contribution in [0, 0.1) is 11.7 Å². The highest BCUT2D eigenvalue weighted by molar-refractivity contribution is 5.16. The number of unbranched alkanes of at least 4 members (excludes halogenated alkanes) is 1. The van der Waals surface area contributed by atoms with Crippen LogP contribution in [0.1, 0.15) is 38.7 Å². The van der Waals surface area contributed by atoms with Gasteiger partial charge in [0.25, 0.3) is 0 Å². The molecule has 1 rings (SSSR count). The zero-order chi connectivity index (χ0) is 15.5. The first-order valence-electron chi connectivity index (χ1n) is 7.79. The van der Waals surface area contributed by atoms with Crippen molar-refractivity contribution in [2.75, 3.05) is 19.7 Å². The van der Waals surface area contributed by atoms with E-state index in [-0.39, 0.29) is 19.0 Å². The maximum atomic E-state index is 13.3. The van der Waals surface area contributed by atoms with E-state index in [1.54, 1.807) is 18.2 Å². The average Bonchev–Trinajstić information content (AvgIpc) is 2.44. The van der Waals surface area contributed by atoms with Gasteiger partial charge in [-0.05, 0) is 24.9 Å². The van der Waals surface area contributed by atoms with Crippen LogP contribution in [0.4, 0.5) is 4.39 Å². The Morgan fingerprint density at radius 3 is 2.71 bits per heavy atom. The summed E-state index contributed by atoms with van der Waals surface area (Å²) < 4.78 is 18.7. The van der Waals surface area contributed by atoms with E-state index in [2.05, 4.69) is 19.2 Å². The van der Waals surface area contributed by atoms with Gasteiger partial charge in [0.15, 0.2) is 0 Å². The van der Waals surface area contributed by atoms with Gasteiger partial charge >= 0.3 is 0 Å². The first-order chi connectivity index (χ1) is 10.1. The fraction of sp³-hybridized carbons (Fsp3) is 0.647. The standard InChI is InChI=1S/C17H28FNO2/c1-14(2)7-5-6-10-19-11-16(20)13-21-12-15-8-3-4-9-17(15)18/h3-4,8-9,14,16,19-20H,5-7,10-13H2,1-2H3. The molecule has 0 heterocycles. The second-order valence-corrected chi connectivity index (χ2v) is 5.85. The molecular weight excluding hydrogens is 269 g/mol. The SMILES string of the molecule is CC(C)CCCCNCC(O)COCc1ccccc1F. The van der Waals surface area contributed by atoms with E-state index in [1.165, 1.54) is 18.9 Å². The van der Waals surface area contributed by atoms with E-state index in [9.17, 15) is 9.50 Å². The highest BCUT2D eigenvalue weighted by Crippen LogP contribution is 2.08. The minimum absolute atomic E-state index is 0.193. The predicted octanol–water partition coefficient (Wildman–Crippen LogP) is 3.12. The lowest BCUT2D eigenvalue weighted by Gasteiger charge is -2.13. The summed E-state index contributed by atoms with van der Waals surface area (Å²) in [6.45, 7) is 6.29. The smallest absolute Gasteiger partial charge is 0.128 e. The topological polar surface area (TPSA) is 41.5 Å². The van der Waals surface area contributed by atoms with Gasteiger partial charge in [-0.15, -0.1) is 0 Å². The molecule has 3 nitrogen and oxygen atoms in total. The first-order valence-corrected chi connectivity index (χ1v) is 7.79. The van der Waals surface area contributed by atoms with Gasteiger partial charge in [-0.25, -0.2) is 4.39 Å². The molecule has 0 saturated heterocycles. The summed E-state index contributed by atoms with van der Waals surface area (Å²) in [6, 6.07) is 6.52. The Morgan fingerprint density at radius 2 is 2.00 bits per heavy atom. The third-order valence-electron chi connectivity index (χ3n) is 3.29. The lowest BCUT2D eigenvalue weighted by Crippen LogP contribution is -2.31. The molecular formula is C17H28FNO2. The number of aliphatic hydroxyl groups excluding tert-OH is 1. The number of rotatable bonds is 11. The van der Waals surface area contributed by atoms with E-state index in [0.29, 0.717) is 12.1 Å². The summed E-state index contributed by atoms with van der Waals surface area (Å²) in [5.41, 5.74) is 0.520. The van der Waals surface area contributed by atoms with Crippen molar-refractivity contribution in [2.24, 2.45) is 5.92 Å². The maximum Gasteiger partial charge on any atom is 0.128 e. The van der Waals surface area contributed by atoms with Gasteiger partial charge in [0.05, 0.1) is 19.3 Å². The molecule has 1 unspecified atom stereocenters. The van der Waals surface area contributed by atoms with Gasteiger partial charge in [-0.3, -0.25) is 0 Å². The van der Waals surface area contributed by atoms with E-state index in [1.807, 2.05) is 0 Å². The van der Waals surface area contributed by atoms with Crippen LogP contribution < -0.4 is 5.32 Å². The Hall–Kier alpha value is -0.970. The van der Waals surface area contributed by atoms with Gasteiger partial charge in [0.1, 0.15) is 5.82 Å². The summed E-state index contributed by atoms with van der Waals surface area (Å²) in [4.78, 5) is 0. The third kappa shape index (κ3) is 8.81. The van der Waals surface area contributed by atoms with Gasteiger partial charge in [-0.2, -0.15) is 0 Å². The molecule has 1 atom stereocenters. The van der Waals surface area contributed by atoms with Crippen molar-refractivity contribution >= 4 is 0 Å². The van der Waals surface area contributed by atoms with Gasteiger partial charge in [-0.1, -0.05) is 44.9 Å². The molecule has 120 valence electrons. The Morgan fingerprint density at radius 1 is 1.24 bits per heavy atom. The Bertz CT molecular complexity index is 385. The molecule has 0 aliphatic carbocycles. The maximum absolute atomic E-state index is 13.3. The molecule has 0 aliphatic heterocycles. The second-order valence-electron chi connectivity index (χ2n) is 5.85. The lowest BCUT2D eigenvalue weighted by molar-refractivity contribution is 0.0279. The molecule has 0 radical (unpaired) electrons. The molecule has 4 heteroatoms. The largest absolute Gasteiger partial charge is 0.389 e. The third-order valence-corrected chi connectivity index (χ3v) is 3.29. The summed E-state index contributed by atoms with van der Waals surface area (Å²) in [6.07, 6.45) is 3.03. The molecule has 21 heavy (non-hydrogen) atoms. The molecule has 0 bridgehead atoms. The monoisotopic (exact) mass is 297 g/mol. The second kappa shape index (κ2) is 10.7. The summed E-state index contributed by atoms with van der Waals surface area (Å²) >= 11 is 0. The lowest BCUT2D eigenvalue weighted by atomic mass is 10.1. The van der Waals surface area contributed by atoms with Crippen molar-refractivity contribution < 1.29 is 14.2 Å². The zero-order valence-corrected chi connectivity index (χ0v) is 13.1. The van der Waals surface area contributed by atoms with Crippen LogP contribution in [0.3, 0.4) is 0 Å². The fourth-order valence-corrected chi connectivity index (χ4v) is 2.05. The van der Waals surface area contributed by atoms with E-state index >= 15 is 0 Å². The van der Waals surface area contributed by atoms with Gasteiger partial charge < -0.3 is 15.2 Å². The van der Waals surface area contributed by atoms with Crippen molar-refractivity contribution in [1.82, 2.24) is 5.32 Å². The molecule has 0 spiro atoms. The van der Waals surface area contributed by atoms with Crippen molar-refractivity contribution in [2.45, 2.75) is 45.8 Å². The fourth-order valence-electron chi connectivity index (χ4n) is 2.05. The Labute approximate surface area is 127 Å². The molecule has 1 aromatic carbocycles. The van der Waals surface area contributed by atoms with Crippen LogP contribution >= 0.6 is 0 Å². The average molecular weight is 297 g/mol. The van der Waals surface area contributed by atoms with Crippen LogP contribution in [0.25, 0.3) is 0 Å². The first kappa shape index (κ1) is 18.1. The van der Waals surface area contributed by atoms with Crippen LogP contribution in [-0.4, -0.2) is 30.9 Å². The minimum Gasteiger partial charge on any atom is -0.389 e. The van der Waals surface area contributed by atoms with Crippen molar-refractivity contribution in [1.29, 1.82) is 0 Å². The minimum atomic E-state index is -0.554. The molecule has 2 N–H and O–H groups in total. The van der Waals surface area contributed by atoms with Crippen LogP contribution in [-0.2, 0) is 11.3 Å². The number of ether oxygens (including phenoxy) is 1. The molecule has 0 aliphatic rings. The normalized spacial score (nSPS) is 12.8. The molecule has 0 fully saturated rings. The van der Waals surface area contributed by atoms with Gasteiger partial charge in [0.2, 0.25) is 0 Å². The quantitative estimate of drug-likeness (QED) is 0.617. The summed E-state index contributed by atoms with van der Waals surface area (Å²) in [7, 11) is 0. The van der Waals surface area contributed by atoms with Crippen molar-refractivity contribution in [3.05, 3.63) is 35.6 Å². The van der Waals surface area contributed by atoms with E-state index < -0.39 is 6.10 Å². The van der Waals surface area contributed by atoms with E-state index in [0.717, 1.165) is 18.9 Å².